The molecule has 2 aromatic carbocycles. The number of sulfonamides is 1. The Hall–Kier alpha value is -3.86. The molecule has 0 radical (unpaired) electrons. The maximum Gasteiger partial charge on any atom is 0.337 e. The number of aromatic hydroxyl groups is 1. The molecule has 2 N–H and O–H groups in total. The number of amides is 1. The van der Waals surface area contributed by atoms with Crippen LogP contribution in [0.4, 0.5) is 11.5 Å². The van der Waals surface area contributed by atoms with E-state index in [-0.39, 0.29) is 33.3 Å². The number of ether oxygens (including phenoxy) is 1. The van der Waals surface area contributed by atoms with Crippen molar-refractivity contribution in [2.45, 2.75) is 11.8 Å². The molecule has 1 heterocycles. The van der Waals surface area contributed by atoms with E-state index < -0.39 is 21.9 Å². The van der Waals surface area contributed by atoms with Gasteiger partial charge in [0.15, 0.2) is 5.82 Å². The van der Waals surface area contributed by atoms with Gasteiger partial charge < -0.3 is 15.2 Å². The van der Waals surface area contributed by atoms with E-state index in [1.807, 2.05) is 6.92 Å². The molecule has 168 valence electrons. The van der Waals surface area contributed by atoms with Gasteiger partial charge in [0.2, 0.25) is 0 Å². The number of carbonyl (C=O) groups excluding carboxylic acids is 2. The van der Waals surface area contributed by atoms with Gasteiger partial charge in [-0.3, -0.25) is 13.8 Å². The van der Waals surface area contributed by atoms with Crippen molar-refractivity contribution in [3.05, 3.63) is 65.4 Å². The fourth-order valence-electron chi connectivity index (χ4n) is 3.02. The van der Waals surface area contributed by atoms with Crippen LogP contribution in [0.5, 0.6) is 5.75 Å². The molecule has 11 heteroatoms. The van der Waals surface area contributed by atoms with Crippen LogP contribution in [0.15, 0.2) is 53.6 Å². The Morgan fingerprint density at radius 1 is 1.16 bits per heavy atom. The number of methoxy groups -OCH3 is 1. The molecule has 0 saturated carbocycles. The van der Waals surface area contributed by atoms with Gasteiger partial charge in [0, 0.05) is 14.1 Å². The molecule has 0 aliphatic rings. The Morgan fingerprint density at radius 3 is 2.41 bits per heavy atom. The number of aryl methyl sites for hydroxylation is 2. The molecule has 3 rings (SSSR count). The predicted octanol–water partition coefficient (Wildman–Crippen LogP) is 2.30. The van der Waals surface area contributed by atoms with Crippen molar-refractivity contribution >= 4 is 33.4 Å². The van der Waals surface area contributed by atoms with Gasteiger partial charge in [0.1, 0.15) is 11.3 Å². The van der Waals surface area contributed by atoms with Crippen LogP contribution in [0.3, 0.4) is 0 Å². The molecule has 10 nitrogen and oxygen atoms in total. The van der Waals surface area contributed by atoms with Gasteiger partial charge in [-0.2, -0.15) is 5.10 Å². The molecule has 0 spiro atoms. The first kappa shape index (κ1) is 22.8. The fourth-order valence-corrected chi connectivity index (χ4v) is 4.26. The van der Waals surface area contributed by atoms with E-state index in [1.54, 1.807) is 12.1 Å². The number of hydrogen-bond acceptors (Lipinski definition) is 7. The van der Waals surface area contributed by atoms with Gasteiger partial charge in [-0.05, 0) is 37.3 Å². The van der Waals surface area contributed by atoms with E-state index in [4.69, 9.17) is 0 Å². The molecule has 0 aliphatic heterocycles. The second-order valence-electron chi connectivity index (χ2n) is 6.97. The van der Waals surface area contributed by atoms with E-state index in [0.717, 1.165) is 15.9 Å². The monoisotopic (exact) mass is 458 g/mol. The third kappa shape index (κ3) is 4.28. The van der Waals surface area contributed by atoms with Crippen LogP contribution >= 0.6 is 0 Å². The topological polar surface area (TPSA) is 131 Å². The smallest absolute Gasteiger partial charge is 0.337 e. The number of anilines is 2. The van der Waals surface area contributed by atoms with Crippen molar-refractivity contribution in [1.82, 2.24) is 9.78 Å². The summed E-state index contributed by atoms with van der Waals surface area (Å²) >= 11 is 0. The highest BCUT2D eigenvalue weighted by Gasteiger charge is 2.29. The second kappa shape index (κ2) is 8.71. The molecule has 1 aromatic heterocycles. The largest absolute Gasteiger partial charge is 0.506 e. The van der Waals surface area contributed by atoms with Crippen LogP contribution in [-0.2, 0) is 21.8 Å². The van der Waals surface area contributed by atoms with Gasteiger partial charge >= 0.3 is 5.97 Å². The highest BCUT2D eigenvalue weighted by Crippen LogP contribution is 2.29. The third-order valence-corrected chi connectivity index (χ3v) is 6.56. The van der Waals surface area contributed by atoms with Crippen LogP contribution < -0.4 is 9.62 Å². The SMILES string of the molecule is COC(=O)c1ccc(NC(=O)c2cnn(C)c2N(C)S(=O)(=O)c2ccc(C)cc2)c(O)c1. The summed E-state index contributed by atoms with van der Waals surface area (Å²) in [4.78, 5) is 24.5. The van der Waals surface area contributed by atoms with Crippen LogP contribution in [0.25, 0.3) is 0 Å². The minimum Gasteiger partial charge on any atom is -0.506 e. The summed E-state index contributed by atoms with van der Waals surface area (Å²) in [7, 11) is 0.0787. The lowest BCUT2D eigenvalue weighted by Gasteiger charge is -2.21. The number of nitrogens with one attached hydrogen (secondary N) is 1. The Kier molecular flexibility index (Phi) is 6.21. The molecule has 0 bridgehead atoms. The first-order valence-electron chi connectivity index (χ1n) is 9.36. The lowest BCUT2D eigenvalue weighted by molar-refractivity contribution is 0.0600. The summed E-state index contributed by atoms with van der Waals surface area (Å²) in [5.41, 5.74) is 1.02. The lowest BCUT2D eigenvalue weighted by atomic mass is 10.2. The Balaban J connectivity index is 1.92. The van der Waals surface area contributed by atoms with Crippen molar-refractivity contribution in [3.63, 3.8) is 0 Å². The predicted molar refractivity (Wildman–Crippen MR) is 117 cm³/mol. The second-order valence-corrected chi connectivity index (χ2v) is 8.94. The molecular weight excluding hydrogens is 436 g/mol. The van der Waals surface area contributed by atoms with E-state index in [0.29, 0.717) is 0 Å². The zero-order chi connectivity index (χ0) is 23.6. The van der Waals surface area contributed by atoms with Gasteiger partial charge in [0.25, 0.3) is 15.9 Å². The van der Waals surface area contributed by atoms with Crippen LogP contribution in [0.2, 0.25) is 0 Å². The maximum absolute atomic E-state index is 13.1. The fraction of sp³-hybridized carbons (Fsp3) is 0.190. The maximum atomic E-state index is 13.1. The van der Waals surface area contributed by atoms with Crippen molar-refractivity contribution in [2.24, 2.45) is 7.05 Å². The van der Waals surface area contributed by atoms with E-state index >= 15 is 0 Å². The van der Waals surface area contributed by atoms with E-state index in [9.17, 15) is 23.1 Å². The zero-order valence-electron chi connectivity index (χ0n) is 17.9. The molecule has 0 atom stereocenters. The number of hydrogen-bond donors (Lipinski definition) is 2. The first-order valence-corrected chi connectivity index (χ1v) is 10.8. The molecule has 32 heavy (non-hydrogen) atoms. The lowest BCUT2D eigenvalue weighted by Crippen LogP contribution is -2.30. The molecular formula is C21H22N4O6S. The van der Waals surface area contributed by atoms with Gasteiger partial charge in [-0.25, -0.2) is 13.2 Å². The number of aromatic nitrogens is 2. The van der Waals surface area contributed by atoms with E-state index in [1.165, 1.54) is 56.3 Å². The molecule has 0 saturated heterocycles. The number of benzene rings is 2. The normalized spacial score (nSPS) is 11.1. The highest BCUT2D eigenvalue weighted by molar-refractivity contribution is 7.92. The molecule has 1 amide bonds. The van der Waals surface area contributed by atoms with Crippen molar-refractivity contribution in [1.29, 1.82) is 0 Å². The Morgan fingerprint density at radius 2 is 1.81 bits per heavy atom. The highest BCUT2D eigenvalue weighted by atomic mass is 32.2. The van der Waals surface area contributed by atoms with Gasteiger partial charge in [0.05, 0.1) is 29.5 Å². The van der Waals surface area contributed by atoms with E-state index in [2.05, 4.69) is 15.2 Å². The Bertz CT molecular complexity index is 1280. The zero-order valence-corrected chi connectivity index (χ0v) is 18.7. The molecule has 0 fully saturated rings. The van der Waals surface area contributed by atoms with Crippen molar-refractivity contribution in [2.75, 3.05) is 23.8 Å². The minimum absolute atomic E-state index is 0.0258. The summed E-state index contributed by atoms with van der Waals surface area (Å²) in [6.45, 7) is 1.84. The van der Waals surface area contributed by atoms with Crippen molar-refractivity contribution < 1.29 is 27.9 Å². The van der Waals surface area contributed by atoms with Gasteiger partial charge in [-0.15, -0.1) is 0 Å². The third-order valence-electron chi connectivity index (χ3n) is 4.80. The first-order chi connectivity index (χ1) is 15.1. The minimum atomic E-state index is -3.96. The Labute approximate surface area is 185 Å². The number of esters is 1. The summed E-state index contributed by atoms with van der Waals surface area (Å²) in [6.07, 6.45) is 1.23. The van der Waals surface area contributed by atoms with Crippen LogP contribution in [0, 0.1) is 6.92 Å². The average Bonchev–Trinajstić information content (AvgIpc) is 3.15. The quantitative estimate of drug-likeness (QED) is 0.428. The molecule has 3 aromatic rings. The standard InChI is InChI=1S/C21H22N4O6S/c1-13-5-8-15(9-6-13)32(29,30)25(3)20-16(12-22-24(20)2)19(27)23-17-10-7-14(11-18(17)26)21(28)31-4/h5-12,26H,1-4H3,(H,23,27). The van der Waals surface area contributed by atoms with Crippen LogP contribution in [0.1, 0.15) is 26.3 Å². The number of phenols is 1. The van der Waals surface area contributed by atoms with Gasteiger partial charge in [-0.1, -0.05) is 17.7 Å². The number of rotatable bonds is 6. The number of carbonyl (C=O) groups is 2. The summed E-state index contributed by atoms with van der Waals surface area (Å²) < 4.78 is 33.0. The molecule has 0 aliphatic carbocycles. The van der Waals surface area contributed by atoms with Crippen LogP contribution in [-0.4, -0.2) is 49.3 Å². The van der Waals surface area contributed by atoms with Crippen molar-refractivity contribution in [3.8, 4) is 5.75 Å². The number of nitrogens with zero attached hydrogens (tertiary/aromatic N) is 3. The summed E-state index contributed by atoms with van der Waals surface area (Å²) in [5, 5.41) is 16.7. The molecule has 0 unspecified atom stereocenters. The summed E-state index contributed by atoms with van der Waals surface area (Å²) in [5.74, 6) is -1.66. The number of phenolic OH excluding ortho intramolecular Hbond substituents is 1. The average molecular weight is 458 g/mol. The summed E-state index contributed by atoms with van der Waals surface area (Å²) in [6, 6.07) is 10.2.